The van der Waals surface area contributed by atoms with Gasteiger partial charge in [-0.25, -0.2) is 9.97 Å². The largest absolute Gasteiger partial charge is 0.378 e. The molecule has 1 aromatic carbocycles. The number of pyridine rings is 2. The average Bonchev–Trinajstić information content (AvgIpc) is 3.75. The molecule has 1 atom stereocenters. The molecule has 0 bridgehead atoms. The highest BCUT2D eigenvalue weighted by Crippen LogP contribution is 2.43. The standard InChI is InChI=1S/C31H31N5O3S/c37-30(33-21-10-11-21)27-19-20-12-14-36(26-9-2-1-5-23(26)28(20)40-27)31(38)25-8-3-7-24(34-25)22-6-4-13-32-29(22)35-15-17-39-18-16-35/h1-9,13,19,21,30,33,37H,10-12,14-18H2. The van der Waals surface area contributed by atoms with E-state index in [1.165, 1.54) is 0 Å². The lowest BCUT2D eigenvalue weighted by atomic mass is 10.1. The number of thiophene rings is 1. The van der Waals surface area contributed by atoms with Crippen molar-refractivity contribution in [2.24, 2.45) is 0 Å². The molecule has 2 aliphatic heterocycles. The second-order valence-corrected chi connectivity index (χ2v) is 11.5. The molecule has 1 saturated carbocycles. The summed E-state index contributed by atoms with van der Waals surface area (Å²) in [5.41, 5.74) is 5.07. The SMILES string of the molecule is O=C(c1cccc(-c2cccnc2N2CCOCC2)n1)N1CCc2cc(C(O)NC3CC3)sc2-c2ccccc21. The number of para-hydroxylation sites is 1. The number of ether oxygens (including phenoxy) is 1. The minimum atomic E-state index is -0.656. The first-order chi connectivity index (χ1) is 19.7. The van der Waals surface area contributed by atoms with E-state index in [1.54, 1.807) is 23.6 Å². The van der Waals surface area contributed by atoms with Crippen LogP contribution < -0.4 is 15.1 Å². The van der Waals surface area contributed by atoms with Gasteiger partial charge in [0.2, 0.25) is 0 Å². The number of rotatable bonds is 6. The molecule has 7 rings (SSSR count). The summed E-state index contributed by atoms with van der Waals surface area (Å²) >= 11 is 1.61. The van der Waals surface area contributed by atoms with Gasteiger partial charge in [-0.15, -0.1) is 11.3 Å². The van der Waals surface area contributed by atoms with Crippen LogP contribution in [-0.4, -0.2) is 59.9 Å². The fourth-order valence-electron chi connectivity index (χ4n) is 5.48. The smallest absolute Gasteiger partial charge is 0.276 e. The van der Waals surface area contributed by atoms with Gasteiger partial charge in [-0.05, 0) is 61.2 Å². The fraction of sp³-hybridized carbons (Fsp3) is 0.323. The van der Waals surface area contributed by atoms with Crippen LogP contribution in [0.3, 0.4) is 0 Å². The highest BCUT2D eigenvalue weighted by Gasteiger charge is 2.30. The molecule has 1 amide bonds. The molecule has 1 unspecified atom stereocenters. The zero-order valence-corrected chi connectivity index (χ0v) is 22.9. The van der Waals surface area contributed by atoms with Gasteiger partial charge in [0.05, 0.1) is 24.6 Å². The number of nitrogens with one attached hydrogen (secondary N) is 1. The van der Waals surface area contributed by atoms with E-state index < -0.39 is 6.23 Å². The summed E-state index contributed by atoms with van der Waals surface area (Å²) in [6.45, 7) is 3.40. The number of benzene rings is 1. The molecule has 8 nitrogen and oxygen atoms in total. The third-order valence-corrected chi connectivity index (χ3v) is 8.96. The lowest BCUT2D eigenvalue weighted by Gasteiger charge is -2.29. The normalized spacial score (nSPS) is 17.6. The molecular formula is C31H31N5O3S. The number of amides is 1. The van der Waals surface area contributed by atoms with Crippen LogP contribution in [0.15, 0.2) is 66.9 Å². The van der Waals surface area contributed by atoms with Crippen LogP contribution in [0.2, 0.25) is 0 Å². The number of aromatic nitrogens is 2. The van der Waals surface area contributed by atoms with Crippen LogP contribution in [0.1, 0.15) is 40.0 Å². The van der Waals surface area contributed by atoms with Crippen molar-refractivity contribution in [1.29, 1.82) is 0 Å². The van der Waals surface area contributed by atoms with E-state index in [-0.39, 0.29) is 5.91 Å². The Morgan fingerprint density at radius 1 is 1.02 bits per heavy atom. The maximum Gasteiger partial charge on any atom is 0.276 e. The third kappa shape index (κ3) is 4.90. The number of aliphatic hydroxyl groups excluding tert-OH is 1. The highest BCUT2D eigenvalue weighted by atomic mass is 32.1. The summed E-state index contributed by atoms with van der Waals surface area (Å²) in [5, 5.41) is 14.0. The van der Waals surface area contributed by atoms with E-state index in [0.29, 0.717) is 37.9 Å². The molecule has 3 aliphatic rings. The molecule has 204 valence electrons. The van der Waals surface area contributed by atoms with Crippen molar-refractivity contribution in [3.05, 3.63) is 83.0 Å². The number of carbonyl (C=O) groups is 1. The van der Waals surface area contributed by atoms with Crippen molar-refractivity contribution in [1.82, 2.24) is 15.3 Å². The van der Waals surface area contributed by atoms with E-state index in [0.717, 1.165) is 69.6 Å². The topological polar surface area (TPSA) is 90.8 Å². The molecule has 3 aromatic heterocycles. The van der Waals surface area contributed by atoms with E-state index in [1.807, 2.05) is 47.4 Å². The van der Waals surface area contributed by atoms with Gasteiger partial charge in [0, 0.05) is 52.8 Å². The minimum Gasteiger partial charge on any atom is -0.378 e. The van der Waals surface area contributed by atoms with Gasteiger partial charge in [0.15, 0.2) is 0 Å². The van der Waals surface area contributed by atoms with Crippen LogP contribution in [0.4, 0.5) is 11.5 Å². The van der Waals surface area contributed by atoms with Crippen molar-refractivity contribution in [3.8, 4) is 21.7 Å². The van der Waals surface area contributed by atoms with Crippen molar-refractivity contribution in [2.45, 2.75) is 31.5 Å². The van der Waals surface area contributed by atoms with Crippen LogP contribution in [-0.2, 0) is 11.2 Å². The zero-order valence-electron chi connectivity index (χ0n) is 22.1. The Kier molecular flexibility index (Phi) is 6.81. The molecule has 0 radical (unpaired) electrons. The molecule has 5 heterocycles. The third-order valence-electron chi connectivity index (χ3n) is 7.70. The number of nitrogens with zero attached hydrogens (tertiary/aromatic N) is 4. The zero-order chi connectivity index (χ0) is 27.1. The average molecular weight is 554 g/mol. The van der Waals surface area contributed by atoms with Crippen LogP contribution >= 0.6 is 11.3 Å². The molecular weight excluding hydrogens is 522 g/mol. The summed E-state index contributed by atoms with van der Waals surface area (Å²) in [6.07, 6.45) is 4.07. The highest BCUT2D eigenvalue weighted by molar-refractivity contribution is 7.15. The van der Waals surface area contributed by atoms with Gasteiger partial charge in [-0.1, -0.05) is 24.3 Å². The van der Waals surface area contributed by atoms with E-state index in [9.17, 15) is 9.90 Å². The van der Waals surface area contributed by atoms with Gasteiger partial charge >= 0.3 is 0 Å². The molecule has 40 heavy (non-hydrogen) atoms. The number of anilines is 2. The fourth-order valence-corrected chi connectivity index (χ4v) is 6.68. The van der Waals surface area contributed by atoms with E-state index in [2.05, 4.69) is 27.3 Å². The number of aliphatic hydroxyl groups is 1. The molecule has 1 saturated heterocycles. The van der Waals surface area contributed by atoms with Crippen molar-refractivity contribution >= 4 is 28.7 Å². The maximum absolute atomic E-state index is 14.0. The van der Waals surface area contributed by atoms with Crippen molar-refractivity contribution < 1.29 is 14.6 Å². The molecule has 0 spiro atoms. The lowest BCUT2D eigenvalue weighted by Crippen LogP contribution is -2.37. The Labute approximate surface area is 237 Å². The first kappa shape index (κ1) is 25.3. The number of hydrogen-bond donors (Lipinski definition) is 2. The summed E-state index contributed by atoms with van der Waals surface area (Å²) in [6, 6.07) is 20.1. The molecule has 2 fully saturated rings. The van der Waals surface area contributed by atoms with E-state index >= 15 is 0 Å². The van der Waals surface area contributed by atoms with Crippen LogP contribution in [0.5, 0.6) is 0 Å². The number of morpholine rings is 1. The Balaban J connectivity index is 1.20. The Hall–Kier alpha value is -3.63. The monoisotopic (exact) mass is 553 g/mol. The molecule has 1 aliphatic carbocycles. The van der Waals surface area contributed by atoms with Gasteiger partial charge < -0.3 is 19.6 Å². The predicted molar refractivity (Wildman–Crippen MR) is 157 cm³/mol. The van der Waals surface area contributed by atoms with Gasteiger partial charge in [0.25, 0.3) is 5.91 Å². The van der Waals surface area contributed by atoms with Crippen molar-refractivity contribution in [3.63, 3.8) is 0 Å². The minimum absolute atomic E-state index is 0.128. The Morgan fingerprint density at radius 2 is 1.85 bits per heavy atom. The van der Waals surface area contributed by atoms with Crippen LogP contribution in [0, 0.1) is 0 Å². The number of fused-ring (bicyclic) bond motifs is 3. The van der Waals surface area contributed by atoms with E-state index in [4.69, 9.17) is 9.72 Å². The van der Waals surface area contributed by atoms with Gasteiger partial charge in [-0.2, -0.15) is 0 Å². The quantitative estimate of drug-likeness (QED) is 0.336. The predicted octanol–water partition coefficient (Wildman–Crippen LogP) is 4.65. The van der Waals surface area contributed by atoms with Gasteiger partial charge in [0.1, 0.15) is 17.7 Å². The second kappa shape index (κ2) is 10.7. The Morgan fingerprint density at radius 3 is 2.70 bits per heavy atom. The molecule has 2 N–H and O–H groups in total. The number of hydrogen-bond acceptors (Lipinski definition) is 8. The summed E-state index contributed by atoms with van der Waals surface area (Å²) in [4.78, 5) is 29.6. The first-order valence-electron chi connectivity index (χ1n) is 13.9. The molecule has 9 heteroatoms. The summed E-state index contributed by atoms with van der Waals surface area (Å²) < 4.78 is 5.53. The summed E-state index contributed by atoms with van der Waals surface area (Å²) in [5.74, 6) is 0.735. The summed E-state index contributed by atoms with van der Waals surface area (Å²) in [7, 11) is 0. The first-order valence-corrected chi connectivity index (χ1v) is 14.7. The second-order valence-electron chi connectivity index (χ2n) is 10.5. The van der Waals surface area contributed by atoms with Crippen LogP contribution in [0.25, 0.3) is 21.7 Å². The molecule has 4 aromatic rings. The van der Waals surface area contributed by atoms with Gasteiger partial charge in [-0.3, -0.25) is 10.1 Å². The van der Waals surface area contributed by atoms with Crippen molar-refractivity contribution in [2.75, 3.05) is 42.6 Å². The lowest BCUT2D eigenvalue weighted by molar-refractivity contribution is 0.0982. The number of carbonyl (C=O) groups excluding carboxylic acids is 1. The maximum atomic E-state index is 14.0. The Bertz CT molecular complexity index is 1550.